The number of nitrogens with zero attached hydrogens (tertiary/aromatic N) is 5. The van der Waals surface area contributed by atoms with Crippen molar-refractivity contribution >= 4 is 33.8 Å². The van der Waals surface area contributed by atoms with Crippen LogP contribution in [0.2, 0.25) is 0 Å². The molecule has 6 fully saturated rings. The lowest BCUT2D eigenvalue weighted by Gasteiger charge is -2.28. The third kappa shape index (κ3) is 23.1. The van der Waals surface area contributed by atoms with Crippen LogP contribution in [0.15, 0.2) is 246 Å². The van der Waals surface area contributed by atoms with Gasteiger partial charge >= 0.3 is 13.0 Å². The van der Waals surface area contributed by atoms with Crippen LogP contribution in [0.3, 0.4) is 0 Å². The first-order chi connectivity index (χ1) is 64.2. The Balaban J connectivity index is 0.000000115. The molecule has 0 unspecified atom stereocenters. The van der Waals surface area contributed by atoms with Gasteiger partial charge in [0, 0.05) is 72.7 Å². The van der Waals surface area contributed by atoms with Gasteiger partial charge < -0.3 is 47.5 Å². The first-order valence-corrected chi connectivity index (χ1v) is 45.5. The molecule has 10 aromatic rings. The standard InChI is InChI=1S/C24H26FNO2.C21H19F4NO2.C21H20F3NO2.C21H20FNO3.C20H20FNO/c25-20-7-5-18(6-8-20)24-19(14-26-11-1-2-12-26)16-28-23-10-9-21(13-22(23)24)27-15-17-3-4-17;22-16-5-3-14(4-6-16)20-15(12-26-9-1-2-10-26)13-27-19-8-7-17(11-18(19)20)28-21(23,24)25;22-16-5-3-14(4-6-16)20-15(12-25-9-1-2-10-25)13-26-19-8-7-17(11-18(19)20)27-21(23)24;1-25-16-8-9-19-17(12-16)20(14-4-6-15(22)7-5-14)18(13-26-19)21(24)23-10-2-3-11-23;21-17-9-7-15(8-10-17)20-16(13-22-11-3-4-12-22)14-23-19-6-2-1-5-18(19)20/h5-10,13,17H,1-4,11-12,14-16H2;3-8,11H,1-2,9-10,12-13H2;3-8,11,21H,1-2,9-10,12-13H2;4-9,12H,2-3,10-11,13H2,1H3;1-2,5-10H,3-4,11-14H2. The van der Waals surface area contributed by atoms with Crippen LogP contribution in [0.25, 0.3) is 27.9 Å². The summed E-state index contributed by atoms with van der Waals surface area (Å²) in [6.07, 6.45) is 9.48. The van der Waals surface area contributed by atoms with Crippen molar-refractivity contribution in [3.63, 3.8) is 0 Å². The van der Waals surface area contributed by atoms with E-state index in [-0.39, 0.29) is 53.1 Å². The highest BCUT2D eigenvalue weighted by Crippen LogP contribution is 2.47. The van der Waals surface area contributed by atoms with Crippen LogP contribution < -0.4 is 42.6 Å². The van der Waals surface area contributed by atoms with Crippen LogP contribution in [0.1, 0.15) is 133 Å². The zero-order valence-corrected chi connectivity index (χ0v) is 73.7. The summed E-state index contributed by atoms with van der Waals surface area (Å²) in [5.41, 5.74) is 18.7. The van der Waals surface area contributed by atoms with Gasteiger partial charge in [0.1, 0.15) is 114 Å². The number of ether oxygens (including phenoxy) is 9. The molecule has 21 rings (SSSR count). The highest BCUT2D eigenvalue weighted by molar-refractivity contribution is 6.06. The molecule has 0 spiro atoms. The average molecular weight is 1810 g/mol. The van der Waals surface area contributed by atoms with Crippen molar-refractivity contribution in [1.82, 2.24) is 24.5 Å². The summed E-state index contributed by atoms with van der Waals surface area (Å²) in [5.74, 6) is 4.23. The van der Waals surface area contributed by atoms with Crippen molar-refractivity contribution < 1.29 is 91.3 Å². The van der Waals surface area contributed by atoms with Crippen molar-refractivity contribution in [1.29, 1.82) is 0 Å². The summed E-state index contributed by atoms with van der Waals surface area (Å²) in [4.78, 5) is 24.6. The number of methoxy groups -OCH3 is 1. The molecule has 688 valence electrons. The van der Waals surface area contributed by atoms with Crippen LogP contribution >= 0.6 is 0 Å². The van der Waals surface area contributed by atoms with Gasteiger partial charge in [-0.15, -0.1) is 13.2 Å². The van der Waals surface area contributed by atoms with E-state index in [1.807, 2.05) is 77.7 Å². The maximum Gasteiger partial charge on any atom is 0.573 e. The Bertz CT molecular complexity index is 5870. The Hall–Kier alpha value is -12.3. The second kappa shape index (κ2) is 42.5. The molecule has 0 radical (unpaired) electrons. The second-order valence-electron chi connectivity index (χ2n) is 34.7. The van der Waals surface area contributed by atoms with Crippen molar-refractivity contribution in [3.05, 3.63) is 331 Å². The quantitative estimate of drug-likeness (QED) is 0.0635. The molecule has 0 bridgehead atoms. The van der Waals surface area contributed by atoms with Gasteiger partial charge in [0.25, 0.3) is 5.91 Å². The Morgan fingerprint density at radius 1 is 0.356 bits per heavy atom. The maximum absolute atomic E-state index is 13.6. The maximum atomic E-state index is 13.6. The van der Waals surface area contributed by atoms with E-state index in [1.165, 1.54) is 146 Å². The van der Waals surface area contributed by atoms with Gasteiger partial charge in [0.15, 0.2) is 0 Å². The molecule has 0 aromatic heterocycles. The largest absolute Gasteiger partial charge is 0.573 e. The van der Waals surface area contributed by atoms with Gasteiger partial charge in [0.05, 0.1) is 19.3 Å². The summed E-state index contributed by atoms with van der Waals surface area (Å²) in [5, 5.41) is 0. The van der Waals surface area contributed by atoms with E-state index < -0.39 is 13.0 Å². The molecular weight excluding hydrogens is 1710 g/mol. The molecule has 15 nitrogen and oxygen atoms in total. The summed E-state index contributed by atoms with van der Waals surface area (Å²) >= 11 is 0. The third-order valence-electron chi connectivity index (χ3n) is 25.4. The fourth-order valence-electron chi connectivity index (χ4n) is 18.8. The van der Waals surface area contributed by atoms with Crippen LogP contribution in [0, 0.1) is 35.0 Å². The van der Waals surface area contributed by atoms with Crippen molar-refractivity contribution in [3.8, 4) is 51.7 Å². The molecule has 10 aromatic carbocycles. The zero-order valence-electron chi connectivity index (χ0n) is 73.7. The van der Waals surface area contributed by atoms with Gasteiger partial charge in [-0.1, -0.05) is 78.9 Å². The topological polar surface area (TPSA) is 116 Å². The molecule has 0 N–H and O–H groups in total. The second-order valence-corrected chi connectivity index (χ2v) is 34.7. The minimum absolute atomic E-state index is 0.00436. The Morgan fingerprint density at radius 3 is 1.03 bits per heavy atom. The fourth-order valence-corrected chi connectivity index (χ4v) is 18.8. The van der Waals surface area contributed by atoms with Gasteiger partial charge in [-0.25, -0.2) is 22.0 Å². The van der Waals surface area contributed by atoms with E-state index in [1.54, 1.807) is 67.8 Å². The molecule has 0 atom stereocenters. The molecule has 1 aliphatic carbocycles. The lowest BCUT2D eigenvalue weighted by molar-refractivity contribution is -0.274. The number of benzene rings is 10. The monoisotopic (exact) mass is 1810 g/mol. The van der Waals surface area contributed by atoms with E-state index in [0.29, 0.717) is 78.6 Å². The predicted molar refractivity (Wildman–Crippen MR) is 488 cm³/mol. The molecule has 132 heavy (non-hydrogen) atoms. The van der Waals surface area contributed by atoms with Crippen LogP contribution in [-0.2, 0) is 4.79 Å². The van der Waals surface area contributed by atoms with Crippen molar-refractivity contribution in [2.45, 2.75) is 90.0 Å². The summed E-state index contributed by atoms with van der Waals surface area (Å²) in [6.45, 7) is 13.4. The Kier molecular flexibility index (Phi) is 29.5. The molecule has 11 aliphatic rings. The summed E-state index contributed by atoms with van der Waals surface area (Å²) < 4.78 is 180. The number of alkyl halides is 5. The molecule has 10 heterocycles. The SMILES string of the molecule is COc1ccc2c(c1)C(c1ccc(F)cc1)=C(C(=O)N1CCCC1)CO2.Fc1ccc(C2=C(CN3CCCC3)COc3ccc(OC(F)(F)F)cc32)cc1.Fc1ccc(C2=C(CN3CCCC3)COc3ccc(OC(F)F)cc32)cc1.Fc1ccc(C2=C(CN3CCCC3)COc3ccc(OCC4CC4)cc32)cc1.Fc1ccc(C2=C(CN3CCCC3)COc3ccccc32)cc1. The smallest absolute Gasteiger partial charge is 0.497 e. The van der Waals surface area contributed by atoms with Gasteiger partial charge in [0.2, 0.25) is 0 Å². The van der Waals surface area contributed by atoms with Crippen molar-refractivity contribution in [2.24, 2.45) is 5.92 Å². The number of para-hydroxylation sites is 1. The van der Waals surface area contributed by atoms with Gasteiger partial charge in [-0.05, 0) is 347 Å². The molecular formula is C107H105F10N5O10. The van der Waals surface area contributed by atoms with E-state index in [2.05, 4.69) is 41.2 Å². The summed E-state index contributed by atoms with van der Waals surface area (Å²) in [6, 6.07) is 60.6. The Morgan fingerprint density at radius 2 is 0.659 bits per heavy atom. The minimum Gasteiger partial charge on any atom is -0.497 e. The number of hydrogen-bond acceptors (Lipinski definition) is 14. The lowest BCUT2D eigenvalue weighted by Crippen LogP contribution is -2.33. The van der Waals surface area contributed by atoms with E-state index in [9.17, 15) is 48.7 Å². The molecule has 25 heteroatoms. The zero-order chi connectivity index (χ0) is 91.2. The van der Waals surface area contributed by atoms with E-state index >= 15 is 0 Å². The Labute approximate surface area is 762 Å². The van der Waals surface area contributed by atoms with Crippen LogP contribution in [0.5, 0.6) is 51.7 Å². The molecule has 1 saturated carbocycles. The molecule has 5 saturated heterocycles. The van der Waals surface area contributed by atoms with Crippen molar-refractivity contribution in [2.75, 3.05) is 138 Å². The highest BCUT2D eigenvalue weighted by atomic mass is 19.4. The predicted octanol–water partition coefficient (Wildman–Crippen LogP) is 22.4. The number of rotatable bonds is 21. The molecule has 10 aliphatic heterocycles. The molecule has 1 amide bonds. The van der Waals surface area contributed by atoms with Crippen LogP contribution in [-0.4, -0.2) is 182 Å². The van der Waals surface area contributed by atoms with E-state index in [0.717, 1.165) is 207 Å². The first kappa shape index (κ1) is 91.6. The number of fused-ring (bicyclic) bond motifs is 5. The summed E-state index contributed by atoms with van der Waals surface area (Å²) in [7, 11) is 1.60. The highest BCUT2D eigenvalue weighted by Gasteiger charge is 2.36. The normalized spacial score (nSPS) is 17.7. The number of hydrogen-bond donors (Lipinski definition) is 0. The number of halogens is 10. The number of likely N-dealkylation sites (tertiary alicyclic amines) is 5. The van der Waals surface area contributed by atoms with Crippen LogP contribution in [0.4, 0.5) is 43.9 Å². The number of carbonyl (C=O) groups is 1. The minimum atomic E-state index is -4.78. The third-order valence-corrected chi connectivity index (χ3v) is 25.4. The van der Waals surface area contributed by atoms with Gasteiger partial charge in [-0.3, -0.25) is 24.4 Å². The number of carbonyl (C=O) groups excluding carboxylic acids is 1. The first-order valence-electron chi connectivity index (χ1n) is 45.5. The van der Waals surface area contributed by atoms with Gasteiger partial charge in [-0.2, -0.15) is 8.78 Å². The fraction of sp³-hybridized carbons (Fsp3) is 0.336. The lowest BCUT2D eigenvalue weighted by atomic mass is 9.90. The average Bonchev–Trinajstić information content (AvgIpc) is 1.06. The number of amides is 1. The van der Waals surface area contributed by atoms with E-state index in [4.69, 9.17) is 33.2 Å².